The van der Waals surface area contributed by atoms with Crippen molar-refractivity contribution in [3.8, 4) is 26.1 Å². The molecule has 4 aromatic rings. The van der Waals surface area contributed by atoms with Crippen molar-refractivity contribution in [1.82, 2.24) is 4.98 Å². The summed E-state index contributed by atoms with van der Waals surface area (Å²) in [5, 5.41) is 2.92. The molecule has 0 aliphatic rings. The van der Waals surface area contributed by atoms with E-state index in [1.165, 1.54) is 17.0 Å². The molecule has 0 spiro atoms. The highest BCUT2D eigenvalue weighted by Crippen LogP contribution is 2.35. The highest BCUT2D eigenvalue weighted by molar-refractivity contribution is 7.87. The lowest BCUT2D eigenvalue weighted by molar-refractivity contribution is 0.486. The first kappa shape index (κ1) is 17.0. The Morgan fingerprint density at radius 3 is 2.31 bits per heavy atom. The van der Waals surface area contributed by atoms with E-state index in [1.54, 1.807) is 53.0 Å². The quantitative estimate of drug-likeness (QED) is 0.427. The minimum absolute atomic E-state index is 0.129. The number of benzene rings is 2. The monoisotopic (exact) mass is 399 g/mol. The molecule has 4 nitrogen and oxygen atoms in total. The number of hydrogen-bond acceptors (Lipinski definition) is 6. The van der Waals surface area contributed by atoms with E-state index in [9.17, 15) is 8.42 Å². The highest BCUT2D eigenvalue weighted by Gasteiger charge is 2.16. The van der Waals surface area contributed by atoms with E-state index in [4.69, 9.17) is 4.18 Å². The van der Waals surface area contributed by atoms with E-state index in [1.807, 2.05) is 29.8 Å². The second kappa shape index (κ2) is 7.03. The predicted molar refractivity (Wildman–Crippen MR) is 105 cm³/mol. The summed E-state index contributed by atoms with van der Waals surface area (Å²) in [6, 6.07) is 19.1. The number of thiophene rings is 1. The van der Waals surface area contributed by atoms with E-state index < -0.39 is 10.1 Å². The van der Waals surface area contributed by atoms with Gasteiger partial charge in [0.1, 0.15) is 15.7 Å². The summed E-state index contributed by atoms with van der Waals surface area (Å²) in [6.07, 6.45) is 1.86. The molecule has 0 saturated carbocycles. The Hall–Kier alpha value is -2.48. The van der Waals surface area contributed by atoms with Crippen molar-refractivity contribution in [3.05, 3.63) is 78.3 Å². The van der Waals surface area contributed by atoms with Crippen molar-refractivity contribution in [1.29, 1.82) is 0 Å². The average molecular weight is 400 g/mol. The van der Waals surface area contributed by atoms with Crippen LogP contribution in [0.4, 0.5) is 0 Å². The highest BCUT2D eigenvalue weighted by atomic mass is 32.2. The molecule has 26 heavy (non-hydrogen) atoms. The Kier molecular flexibility index (Phi) is 4.58. The van der Waals surface area contributed by atoms with Gasteiger partial charge in [0.2, 0.25) is 0 Å². The third-order valence-corrected chi connectivity index (χ3v) is 6.98. The summed E-state index contributed by atoms with van der Waals surface area (Å²) in [5.74, 6) is 0.271. The van der Waals surface area contributed by atoms with Crippen LogP contribution in [0.1, 0.15) is 0 Å². The molecule has 0 N–H and O–H groups in total. The lowest BCUT2D eigenvalue weighted by Crippen LogP contribution is -2.09. The van der Waals surface area contributed by atoms with E-state index in [0.717, 1.165) is 15.4 Å². The molecular weight excluding hydrogens is 386 g/mol. The summed E-state index contributed by atoms with van der Waals surface area (Å²) in [6.45, 7) is 0. The molecule has 0 radical (unpaired) electrons. The van der Waals surface area contributed by atoms with Crippen LogP contribution in [0.2, 0.25) is 0 Å². The van der Waals surface area contributed by atoms with Crippen molar-refractivity contribution in [2.45, 2.75) is 4.90 Å². The van der Waals surface area contributed by atoms with Gasteiger partial charge in [0.05, 0.1) is 4.88 Å². The minimum atomic E-state index is -3.83. The van der Waals surface area contributed by atoms with Gasteiger partial charge in [-0.15, -0.1) is 22.7 Å². The Labute approximate surface area is 159 Å². The van der Waals surface area contributed by atoms with Gasteiger partial charge in [0, 0.05) is 16.6 Å². The molecule has 2 heterocycles. The van der Waals surface area contributed by atoms with Crippen molar-refractivity contribution >= 4 is 32.8 Å². The lowest BCUT2D eigenvalue weighted by Gasteiger charge is -2.07. The Balaban J connectivity index is 1.54. The molecule has 0 atom stereocenters. The van der Waals surface area contributed by atoms with Gasteiger partial charge in [-0.05, 0) is 47.8 Å². The maximum absolute atomic E-state index is 12.3. The Bertz CT molecular complexity index is 1100. The van der Waals surface area contributed by atoms with Gasteiger partial charge in [-0.3, -0.25) is 0 Å². The molecule has 0 aliphatic heterocycles. The van der Waals surface area contributed by atoms with E-state index in [2.05, 4.69) is 11.1 Å². The van der Waals surface area contributed by atoms with Crippen LogP contribution in [0.15, 0.2) is 83.2 Å². The summed E-state index contributed by atoms with van der Waals surface area (Å²) < 4.78 is 29.7. The lowest BCUT2D eigenvalue weighted by atomic mass is 10.2. The van der Waals surface area contributed by atoms with Crippen LogP contribution in [0.3, 0.4) is 0 Å². The number of rotatable bonds is 5. The van der Waals surface area contributed by atoms with E-state index in [0.29, 0.717) is 0 Å². The maximum Gasteiger partial charge on any atom is 0.339 e. The van der Waals surface area contributed by atoms with Gasteiger partial charge < -0.3 is 4.18 Å². The second-order valence-corrected chi connectivity index (χ2v) is 8.91. The van der Waals surface area contributed by atoms with Gasteiger partial charge in [0.25, 0.3) is 0 Å². The molecule has 2 aromatic heterocycles. The maximum atomic E-state index is 12.3. The number of nitrogens with zero attached hydrogens (tertiary/aromatic N) is 1. The summed E-state index contributed by atoms with van der Waals surface area (Å²) in [4.78, 5) is 6.89. The van der Waals surface area contributed by atoms with Gasteiger partial charge in [-0.1, -0.05) is 24.3 Å². The van der Waals surface area contributed by atoms with Crippen LogP contribution in [0.25, 0.3) is 20.3 Å². The van der Waals surface area contributed by atoms with Crippen LogP contribution in [0, 0.1) is 0 Å². The molecule has 0 bridgehead atoms. The fourth-order valence-corrected chi connectivity index (χ4v) is 5.05. The Morgan fingerprint density at radius 2 is 1.62 bits per heavy atom. The molecular formula is C19H13NO3S3. The minimum Gasteiger partial charge on any atom is -0.379 e. The van der Waals surface area contributed by atoms with Gasteiger partial charge in [-0.2, -0.15) is 8.42 Å². The van der Waals surface area contributed by atoms with Crippen LogP contribution in [-0.4, -0.2) is 13.4 Å². The first-order chi connectivity index (χ1) is 12.6. The first-order valence-corrected chi connectivity index (χ1v) is 10.8. The average Bonchev–Trinajstić information content (AvgIpc) is 3.34. The molecule has 4 rings (SSSR count). The summed E-state index contributed by atoms with van der Waals surface area (Å²) in [7, 11) is -3.83. The van der Waals surface area contributed by atoms with E-state index >= 15 is 0 Å². The molecule has 0 saturated heterocycles. The predicted octanol–water partition coefficient (Wildman–Crippen LogP) is 5.31. The fraction of sp³-hybridized carbons (Fsp3) is 0. The second-order valence-electron chi connectivity index (χ2n) is 5.38. The molecule has 7 heteroatoms. The van der Waals surface area contributed by atoms with Crippen molar-refractivity contribution < 1.29 is 12.6 Å². The topological polar surface area (TPSA) is 56.3 Å². The summed E-state index contributed by atoms with van der Waals surface area (Å²) >= 11 is 3.27. The van der Waals surface area contributed by atoms with Crippen LogP contribution >= 0.6 is 22.7 Å². The molecule has 2 aromatic carbocycles. The standard InChI is InChI=1S/C19H13NO3S3/c21-26(22,16-5-2-1-3-6-16)23-15-10-8-14(9-11-15)19-20-13-18(25-19)17-7-4-12-24-17/h1-13H. The zero-order valence-electron chi connectivity index (χ0n) is 13.4. The van der Waals surface area contributed by atoms with Gasteiger partial charge in [-0.25, -0.2) is 4.98 Å². The fourth-order valence-electron chi connectivity index (χ4n) is 2.36. The van der Waals surface area contributed by atoms with Crippen LogP contribution in [-0.2, 0) is 10.1 Å². The van der Waals surface area contributed by atoms with Crippen LogP contribution in [0.5, 0.6) is 5.75 Å². The third kappa shape index (κ3) is 3.55. The molecule has 130 valence electrons. The van der Waals surface area contributed by atoms with Crippen molar-refractivity contribution in [3.63, 3.8) is 0 Å². The normalized spacial score (nSPS) is 11.4. The molecule has 0 fully saturated rings. The van der Waals surface area contributed by atoms with Crippen molar-refractivity contribution in [2.24, 2.45) is 0 Å². The van der Waals surface area contributed by atoms with Crippen LogP contribution < -0.4 is 4.18 Å². The number of aromatic nitrogens is 1. The number of thiazole rings is 1. The van der Waals surface area contributed by atoms with Crippen molar-refractivity contribution in [2.75, 3.05) is 0 Å². The molecule has 0 amide bonds. The summed E-state index contributed by atoms with van der Waals surface area (Å²) in [5.41, 5.74) is 0.919. The molecule has 0 unspecified atom stereocenters. The van der Waals surface area contributed by atoms with Gasteiger partial charge >= 0.3 is 10.1 Å². The Morgan fingerprint density at radius 1 is 0.846 bits per heavy atom. The SMILES string of the molecule is O=S(=O)(Oc1ccc(-c2ncc(-c3cccs3)s2)cc1)c1ccccc1. The largest absolute Gasteiger partial charge is 0.379 e. The number of hydrogen-bond donors (Lipinski definition) is 0. The smallest absolute Gasteiger partial charge is 0.339 e. The zero-order chi connectivity index (χ0) is 18.0. The third-order valence-electron chi connectivity index (χ3n) is 3.61. The zero-order valence-corrected chi connectivity index (χ0v) is 15.9. The first-order valence-electron chi connectivity index (χ1n) is 7.71. The van der Waals surface area contributed by atoms with E-state index in [-0.39, 0.29) is 10.6 Å². The van der Waals surface area contributed by atoms with Gasteiger partial charge in [0.15, 0.2) is 0 Å². The molecule has 0 aliphatic carbocycles.